The summed E-state index contributed by atoms with van der Waals surface area (Å²) in [5.74, 6) is -1.32. The Kier molecular flexibility index (Phi) is 3.09. The summed E-state index contributed by atoms with van der Waals surface area (Å²) in [5.41, 5.74) is 4.38. The van der Waals surface area contributed by atoms with Gasteiger partial charge in [0.1, 0.15) is 12.3 Å². The van der Waals surface area contributed by atoms with E-state index in [9.17, 15) is 14.3 Å². The van der Waals surface area contributed by atoms with Crippen molar-refractivity contribution in [1.29, 1.82) is 0 Å². The van der Waals surface area contributed by atoms with Crippen LogP contribution >= 0.6 is 0 Å². The maximum Gasteiger partial charge on any atom is 0.351 e. The molecule has 1 aromatic rings. The van der Waals surface area contributed by atoms with E-state index in [1.807, 2.05) is 0 Å². The van der Waals surface area contributed by atoms with Gasteiger partial charge in [-0.1, -0.05) is 0 Å². The monoisotopic (exact) mass is 245 g/mol. The second-order valence-electron chi connectivity index (χ2n) is 3.78. The first-order chi connectivity index (χ1) is 8.02. The van der Waals surface area contributed by atoms with Crippen LogP contribution in [0.3, 0.4) is 0 Å². The Hall–Kier alpha value is -1.51. The highest BCUT2D eigenvalue weighted by atomic mass is 19.1. The molecule has 1 saturated heterocycles. The first-order valence-corrected chi connectivity index (χ1v) is 5.01. The van der Waals surface area contributed by atoms with Crippen LogP contribution in [-0.2, 0) is 4.74 Å². The van der Waals surface area contributed by atoms with E-state index in [-0.39, 0.29) is 13.0 Å². The molecule has 1 fully saturated rings. The molecule has 0 bridgehead atoms. The van der Waals surface area contributed by atoms with E-state index >= 15 is 0 Å². The number of aromatic nitrogens is 2. The van der Waals surface area contributed by atoms with Gasteiger partial charge in [-0.2, -0.15) is 4.98 Å². The van der Waals surface area contributed by atoms with Gasteiger partial charge in [0.15, 0.2) is 11.6 Å². The first-order valence-electron chi connectivity index (χ1n) is 5.01. The summed E-state index contributed by atoms with van der Waals surface area (Å²) >= 11 is 0. The average molecular weight is 245 g/mol. The van der Waals surface area contributed by atoms with E-state index in [2.05, 4.69) is 4.98 Å². The van der Waals surface area contributed by atoms with Gasteiger partial charge >= 0.3 is 5.69 Å². The Morgan fingerprint density at radius 2 is 2.41 bits per heavy atom. The van der Waals surface area contributed by atoms with Crippen LogP contribution in [0.25, 0.3) is 0 Å². The molecule has 3 atom stereocenters. The van der Waals surface area contributed by atoms with Gasteiger partial charge in [0.25, 0.3) is 0 Å². The molecule has 17 heavy (non-hydrogen) atoms. The Morgan fingerprint density at radius 3 is 3.00 bits per heavy atom. The fourth-order valence-corrected chi connectivity index (χ4v) is 1.71. The molecule has 0 saturated carbocycles. The van der Waals surface area contributed by atoms with Crippen molar-refractivity contribution in [3.63, 3.8) is 0 Å². The van der Waals surface area contributed by atoms with Gasteiger partial charge in [-0.3, -0.25) is 4.57 Å². The van der Waals surface area contributed by atoms with Crippen molar-refractivity contribution < 1.29 is 19.3 Å². The topological polar surface area (TPSA) is 111 Å². The zero-order valence-electron chi connectivity index (χ0n) is 8.78. The van der Waals surface area contributed by atoms with Crippen LogP contribution in [0.5, 0.6) is 0 Å². The van der Waals surface area contributed by atoms with Gasteiger partial charge < -0.3 is 20.7 Å². The van der Waals surface area contributed by atoms with Crippen molar-refractivity contribution in [3.8, 4) is 0 Å². The van der Waals surface area contributed by atoms with E-state index in [0.717, 1.165) is 10.8 Å². The van der Waals surface area contributed by atoms with Crippen molar-refractivity contribution in [3.05, 3.63) is 22.5 Å². The molecule has 0 radical (unpaired) electrons. The van der Waals surface area contributed by atoms with Crippen LogP contribution in [-0.4, -0.2) is 38.6 Å². The normalized spacial score (nSPS) is 28.5. The number of nitrogen functional groups attached to an aromatic ring is 1. The summed E-state index contributed by atoms with van der Waals surface area (Å²) in [5, 5.41) is 18.4. The third-order valence-electron chi connectivity index (χ3n) is 2.63. The number of ether oxygens (including phenoxy) is 1. The molecule has 2 rings (SSSR count). The van der Waals surface area contributed by atoms with E-state index in [0.29, 0.717) is 0 Å². The maximum absolute atomic E-state index is 13.2. The number of nitrogens with two attached hydrogens (primary N) is 1. The van der Waals surface area contributed by atoms with Crippen LogP contribution in [0, 0.1) is 5.82 Å². The van der Waals surface area contributed by atoms with Crippen molar-refractivity contribution in [2.45, 2.75) is 24.9 Å². The number of anilines is 1. The Morgan fingerprint density at radius 1 is 1.71 bits per heavy atom. The number of nitrogens with zero attached hydrogens (tertiary/aromatic N) is 2. The smallest absolute Gasteiger partial charge is 0.351 e. The largest absolute Gasteiger partial charge is 0.394 e. The van der Waals surface area contributed by atoms with E-state index in [1.165, 1.54) is 0 Å². The Bertz CT molecular complexity index is 478. The summed E-state index contributed by atoms with van der Waals surface area (Å²) < 4.78 is 19.3. The summed E-state index contributed by atoms with van der Waals surface area (Å²) in [4.78, 5) is 14.7. The molecule has 8 heteroatoms. The second-order valence-corrected chi connectivity index (χ2v) is 3.78. The molecule has 4 N–H and O–H groups in total. The molecular weight excluding hydrogens is 233 g/mol. The highest BCUT2D eigenvalue weighted by Gasteiger charge is 2.35. The maximum atomic E-state index is 13.2. The van der Waals surface area contributed by atoms with Crippen LogP contribution in [0.1, 0.15) is 12.6 Å². The molecule has 1 aliphatic rings. The van der Waals surface area contributed by atoms with Gasteiger partial charge in [0.2, 0.25) is 0 Å². The standard InChI is InChI=1S/C9H12FN3O4/c10-4-2-13(9(16)12-8(4)11)7-1-5(15)6(3-14)17-7/h2,5-7,14-15H,1,3H2,(H2,11,12,16)/t5-,6-,7-/m0/s1. The highest BCUT2D eigenvalue weighted by Crippen LogP contribution is 2.27. The molecule has 0 aromatic carbocycles. The molecule has 94 valence electrons. The van der Waals surface area contributed by atoms with Crippen LogP contribution in [0.15, 0.2) is 11.0 Å². The molecule has 0 amide bonds. The summed E-state index contributed by atoms with van der Waals surface area (Å²) in [6, 6.07) is 0. The molecule has 0 unspecified atom stereocenters. The number of hydrogen-bond acceptors (Lipinski definition) is 6. The third-order valence-corrected chi connectivity index (χ3v) is 2.63. The van der Waals surface area contributed by atoms with Crippen LogP contribution in [0.2, 0.25) is 0 Å². The van der Waals surface area contributed by atoms with Gasteiger partial charge in [-0.25, -0.2) is 9.18 Å². The van der Waals surface area contributed by atoms with Crippen LogP contribution < -0.4 is 11.4 Å². The van der Waals surface area contributed by atoms with Crippen molar-refractivity contribution in [1.82, 2.24) is 9.55 Å². The Labute approximate surface area is 95.3 Å². The molecule has 1 aromatic heterocycles. The third kappa shape index (κ3) is 2.14. The van der Waals surface area contributed by atoms with Gasteiger partial charge in [0, 0.05) is 6.42 Å². The lowest BCUT2D eigenvalue weighted by Crippen LogP contribution is -2.29. The summed E-state index contributed by atoms with van der Waals surface area (Å²) in [7, 11) is 0. The number of aliphatic hydroxyl groups is 2. The molecule has 1 aliphatic heterocycles. The van der Waals surface area contributed by atoms with Crippen LogP contribution in [0.4, 0.5) is 10.2 Å². The SMILES string of the molecule is Nc1nc(=O)n([C@@H]2C[C@H](O)[C@H](CO)O2)cc1F. The molecule has 0 spiro atoms. The quantitative estimate of drug-likeness (QED) is 0.591. The van der Waals surface area contributed by atoms with E-state index in [1.54, 1.807) is 0 Å². The predicted octanol–water partition coefficient (Wildman–Crippen LogP) is -1.39. The fourth-order valence-electron chi connectivity index (χ4n) is 1.71. The fraction of sp³-hybridized carbons (Fsp3) is 0.556. The number of rotatable bonds is 2. The lowest BCUT2D eigenvalue weighted by molar-refractivity contribution is -0.0461. The minimum atomic E-state index is -0.905. The van der Waals surface area contributed by atoms with Crippen molar-refractivity contribution in [2.75, 3.05) is 12.3 Å². The summed E-state index contributed by atoms with van der Waals surface area (Å²) in [6.45, 7) is -0.378. The van der Waals surface area contributed by atoms with Gasteiger partial charge in [-0.05, 0) is 0 Å². The van der Waals surface area contributed by atoms with E-state index < -0.39 is 35.8 Å². The minimum absolute atomic E-state index is 0.0795. The average Bonchev–Trinajstić information content (AvgIpc) is 2.65. The van der Waals surface area contributed by atoms with Gasteiger partial charge in [-0.15, -0.1) is 0 Å². The first kappa shape index (κ1) is 12.0. The Balaban J connectivity index is 2.30. The zero-order chi connectivity index (χ0) is 12.6. The number of hydrogen-bond donors (Lipinski definition) is 3. The lowest BCUT2D eigenvalue weighted by atomic mass is 10.2. The molecular formula is C9H12FN3O4. The van der Waals surface area contributed by atoms with Gasteiger partial charge in [0.05, 0.1) is 18.9 Å². The molecule has 0 aliphatic carbocycles. The predicted molar refractivity (Wildman–Crippen MR) is 54.5 cm³/mol. The van der Waals surface area contributed by atoms with E-state index in [4.69, 9.17) is 15.6 Å². The van der Waals surface area contributed by atoms with Crippen molar-refractivity contribution in [2.24, 2.45) is 0 Å². The minimum Gasteiger partial charge on any atom is -0.394 e. The molecule has 2 heterocycles. The lowest BCUT2D eigenvalue weighted by Gasteiger charge is -2.14. The number of halogens is 1. The molecule has 7 nitrogen and oxygen atoms in total. The highest BCUT2D eigenvalue weighted by molar-refractivity contribution is 5.26. The second kappa shape index (κ2) is 4.40. The number of aliphatic hydroxyl groups excluding tert-OH is 2. The summed E-state index contributed by atoms with van der Waals surface area (Å²) in [6.07, 6.45) is -1.58. The van der Waals surface area contributed by atoms with Crippen molar-refractivity contribution >= 4 is 5.82 Å². The zero-order valence-corrected chi connectivity index (χ0v) is 8.78.